The first-order chi connectivity index (χ1) is 9.63. The van der Waals surface area contributed by atoms with Crippen LogP contribution in [0.15, 0.2) is 18.2 Å². The lowest BCUT2D eigenvalue weighted by atomic mass is 10.0. The Morgan fingerprint density at radius 1 is 1.20 bits per heavy atom. The molecule has 0 spiro atoms. The highest BCUT2D eigenvalue weighted by molar-refractivity contribution is 5.37. The smallest absolute Gasteiger partial charge is 0.131 e. The van der Waals surface area contributed by atoms with E-state index < -0.39 is 0 Å². The Balaban J connectivity index is 2.68. The third-order valence-corrected chi connectivity index (χ3v) is 3.44. The summed E-state index contributed by atoms with van der Waals surface area (Å²) in [6.45, 7) is 7.36. The fraction of sp³-hybridized carbons (Fsp3) is 0.625. The van der Waals surface area contributed by atoms with E-state index in [0.717, 1.165) is 38.9 Å². The van der Waals surface area contributed by atoms with Crippen LogP contribution in [0.1, 0.15) is 44.7 Å². The molecule has 1 aromatic rings. The van der Waals surface area contributed by atoms with Gasteiger partial charge in [0.2, 0.25) is 0 Å². The van der Waals surface area contributed by atoms with Crippen molar-refractivity contribution in [3.8, 4) is 5.75 Å². The van der Waals surface area contributed by atoms with Crippen LogP contribution in [-0.4, -0.2) is 31.6 Å². The maximum absolute atomic E-state index is 13.9. The molecule has 0 aliphatic heterocycles. The van der Waals surface area contributed by atoms with Gasteiger partial charge in [0.1, 0.15) is 11.6 Å². The van der Waals surface area contributed by atoms with Crippen LogP contribution in [-0.2, 0) is 0 Å². The van der Waals surface area contributed by atoms with Crippen LogP contribution in [0.25, 0.3) is 0 Å². The Hall–Kier alpha value is -1.13. The van der Waals surface area contributed by atoms with Gasteiger partial charge in [-0.25, -0.2) is 4.39 Å². The zero-order chi connectivity index (χ0) is 15.0. The number of methoxy groups -OCH3 is 1. The van der Waals surface area contributed by atoms with Gasteiger partial charge < -0.3 is 15.4 Å². The average Bonchev–Trinajstić information content (AvgIpc) is 2.44. The Kier molecular flexibility index (Phi) is 7.55. The predicted molar refractivity (Wildman–Crippen MR) is 81.5 cm³/mol. The summed E-state index contributed by atoms with van der Waals surface area (Å²) in [7, 11) is 1.55. The Morgan fingerprint density at radius 3 is 2.40 bits per heavy atom. The summed E-state index contributed by atoms with van der Waals surface area (Å²) in [6.07, 6.45) is 2.98. The normalized spacial score (nSPS) is 12.7. The molecule has 0 aromatic heterocycles. The average molecular weight is 282 g/mol. The maximum Gasteiger partial charge on any atom is 0.131 e. The number of ether oxygens (including phenoxy) is 1. The van der Waals surface area contributed by atoms with Crippen LogP contribution in [0.4, 0.5) is 4.39 Å². The molecule has 1 atom stereocenters. The van der Waals surface area contributed by atoms with Crippen LogP contribution in [0.3, 0.4) is 0 Å². The number of rotatable bonds is 9. The van der Waals surface area contributed by atoms with Crippen LogP contribution in [0.2, 0.25) is 0 Å². The van der Waals surface area contributed by atoms with Gasteiger partial charge in [-0.15, -0.1) is 0 Å². The van der Waals surface area contributed by atoms with Gasteiger partial charge in [0.15, 0.2) is 0 Å². The fourth-order valence-corrected chi connectivity index (χ4v) is 2.49. The van der Waals surface area contributed by atoms with Crippen molar-refractivity contribution >= 4 is 0 Å². The molecule has 1 unspecified atom stereocenters. The second-order valence-electron chi connectivity index (χ2n) is 5.09. The Labute approximate surface area is 121 Å². The van der Waals surface area contributed by atoms with Crippen LogP contribution in [0, 0.1) is 5.82 Å². The molecule has 0 bridgehead atoms. The van der Waals surface area contributed by atoms with E-state index in [1.807, 2.05) is 0 Å². The van der Waals surface area contributed by atoms with Crippen molar-refractivity contribution < 1.29 is 9.13 Å². The van der Waals surface area contributed by atoms with Crippen molar-refractivity contribution in [2.75, 3.05) is 26.7 Å². The first-order valence-electron chi connectivity index (χ1n) is 7.44. The van der Waals surface area contributed by atoms with Gasteiger partial charge in [0.05, 0.1) is 7.11 Å². The molecule has 3 nitrogen and oxygen atoms in total. The van der Waals surface area contributed by atoms with E-state index in [9.17, 15) is 4.39 Å². The first kappa shape index (κ1) is 16.9. The van der Waals surface area contributed by atoms with Crippen molar-refractivity contribution in [1.82, 2.24) is 4.90 Å². The van der Waals surface area contributed by atoms with E-state index in [1.165, 1.54) is 6.07 Å². The Morgan fingerprint density at radius 2 is 1.85 bits per heavy atom. The highest BCUT2D eigenvalue weighted by Crippen LogP contribution is 2.28. The van der Waals surface area contributed by atoms with Gasteiger partial charge in [-0.05, 0) is 51.0 Å². The summed E-state index contributed by atoms with van der Waals surface area (Å²) < 4.78 is 19.1. The van der Waals surface area contributed by atoms with Crippen molar-refractivity contribution in [1.29, 1.82) is 0 Å². The van der Waals surface area contributed by atoms with Crippen molar-refractivity contribution in [2.45, 2.75) is 39.2 Å². The van der Waals surface area contributed by atoms with E-state index >= 15 is 0 Å². The van der Waals surface area contributed by atoms with Gasteiger partial charge in [0, 0.05) is 11.6 Å². The van der Waals surface area contributed by atoms with Crippen LogP contribution in [0.5, 0.6) is 5.75 Å². The molecule has 20 heavy (non-hydrogen) atoms. The molecule has 0 aliphatic carbocycles. The van der Waals surface area contributed by atoms with Crippen molar-refractivity contribution in [3.05, 3.63) is 29.6 Å². The van der Waals surface area contributed by atoms with E-state index in [4.69, 9.17) is 10.5 Å². The number of nitrogens with zero attached hydrogens (tertiary/aromatic N) is 1. The molecule has 0 amide bonds. The van der Waals surface area contributed by atoms with Crippen molar-refractivity contribution in [3.63, 3.8) is 0 Å². The second kappa shape index (κ2) is 8.93. The molecule has 0 saturated heterocycles. The first-order valence-corrected chi connectivity index (χ1v) is 7.44. The highest BCUT2D eigenvalue weighted by Gasteiger charge is 2.17. The summed E-state index contributed by atoms with van der Waals surface area (Å²) in [4.78, 5) is 2.38. The molecule has 0 heterocycles. The molecule has 114 valence electrons. The summed E-state index contributed by atoms with van der Waals surface area (Å²) in [6, 6.07) is 4.51. The minimum absolute atomic E-state index is 0.283. The molecule has 0 radical (unpaired) electrons. The lowest BCUT2D eigenvalue weighted by Gasteiger charge is -2.23. The largest absolute Gasteiger partial charge is 0.496 e. The van der Waals surface area contributed by atoms with E-state index in [-0.39, 0.29) is 11.9 Å². The second-order valence-corrected chi connectivity index (χ2v) is 5.09. The van der Waals surface area contributed by atoms with Gasteiger partial charge in [0.25, 0.3) is 0 Å². The summed E-state index contributed by atoms with van der Waals surface area (Å²) in [5.74, 6) is 0.254. The molecule has 1 aromatic carbocycles. The molecule has 0 fully saturated rings. The zero-order valence-corrected chi connectivity index (χ0v) is 12.9. The minimum atomic E-state index is -0.331. The molecule has 2 N–H and O–H groups in total. The monoisotopic (exact) mass is 282 g/mol. The number of benzene rings is 1. The quantitative estimate of drug-likeness (QED) is 0.755. The SMILES string of the molecule is CCCN(CCC)CCC(N)c1c(F)cccc1OC. The predicted octanol–water partition coefficient (Wildman–Crippen LogP) is 3.35. The third kappa shape index (κ3) is 4.76. The molecule has 4 heteroatoms. The topological polar surface area (TPSA) is 38.5 Å². The molecule has 0 aliphatic rings. The molecule has 0 saturated carbocycles. The van der Waals surface area contributed by atoms with E-state index in [0.29, 0.717) is 11.3 Å². The summed E-state index contributed by atoms with van der Waals surface area (Å²) in [5.41, 5.74) is 6.66. The number of hydrogen-bond donors (Lipinski definition) is 1. The van der Waals surface area contributed by atoms with Gasteiger partial charge in [-0.3, -0.25) is 0 Å². The lowest BCUT2D eigenvalue weighted by Crippen LogP contribution is -2.29. The standard InChI is InChI=1S/C16H27FN2O/c1-4-10-19(11-5-2)12-9-14(18)16-13(17)7-6-8-15(16)20-3/h6-8,14H,4-5,9-12,18H2,1-3H3. The maximum atomic E-state index is 13.9. The molecule has 1 rings (SSSR count). The summed E-state index contributed by atoms with van der Waals surface area (Å²) in [5, 5.41) is 0. The molecular weight excluding hydrogens is 255 g/mol. The van der Waals surface area contributed by atoms with Crippen LogP contribution >= 0.6 is 0 Å². The number of halogens is 1. The zero-order valence-electron chi connectivity index (χ0n) is 12.9. The lowest BCUT2D eigenvalue weighted by molar-refractivity contribution is 0.262. The van der Waals surface area contributed by atoms with Crippen molar-refractivity contribution in [2.24, 2.45) is 5.73 Å². The Bertz CT molecular complexity index is 392. The number of hydrogen-bond acceptors (Lipinski definition) is 3. The minimum Gasteiger partial charge on any atom is -0.496 e. The highest BCUT2D eigenvalue weighted by atomic mass is 19.1. The van der Waals surface area contributed by atoms with Gasteiger partial charge >= 0.3 is 0 Å². The summed E-state index contributed by atoms with van der Waals surface area (Å²) >= 11 is 0. The van der Waals surface area contributed by atoms with E-state index in [2.05, 4.69) is 18.7 Å². The third-order valence-electron chi connectivity index (χ3n) is 3.44. The van der Waals surface area contributed by atoms with E-state index in [1.54, 1.807) is 19.2 Å². The van der Waals surface area contributed by atoms with Gasteiger partial charge in [-0.2, -0.15) is 0 Å². The van der Waals surface area contributed by atoms with Gasteiger partial charge in [-0.1, -0.05) is 19.9 Å². The van der Waals surface area contributed by atoms with Crippen LogP contribution < -0.4 is 10.5 Å². The number of nitrogens with two attached hydrogens (primary N) is 1. The molecular formula is C16H27FN2O. The fourth-order valence-electron chi connectivity index (χ4n) is 2.49.